The van der Waals surface area contributed by atoms with Gasteiger partial charge in [0.05, 0.1) is 41.5 Å². The number of Topliss-reactive ketones (excluding diaryl/α,β-unsaturated/α-hetero) is 1. The molecule has 2 saturated heterocycles. The van der Waals surface area contributed by atoms with E-state index in [2.05, 4.69) is 13.0 Å². The lowest BCUT2D eigenvalue weighted by molar-refractivity contribution is -0.319. The molecule has 2 aliphatic heterocycles. The van der Waals surface area contributed by atoms with Crippen LogP contribution in [-0.2, 0) is 42.7 Å². The molecule has 0 amide bonds. The van der Waals surface area contributed by atoms with Gasteiger partial charge < -0.3 is 48.5 Å². The van der Waals surface area contributed by atoms with E-state index in [1.807, 2.05) is 6.92 Å². The van der Waals surface area contributed by atoms with E-state index in [9.17, 15) is 24.9 Å². The second kappa shape index (κ2) is 13.5. The summed E-state index contributed by atoms with van der Waals surface area (Å²) < 4.78 is 42.5. The number of ether oxygens (including phenoxy) is 7. The predicted octanol–water partition coefficient (Wildman–Crippen LogP) is 3.36. The Morgan fingerprint density at radius 2 is 1.53 bits per heavy atom. The Morgan fingerprint density at radius 3 is 2.18 bits per heavy atom. The molecule has 278 valence electrons. The van der Waals surface area contributed by atoms with Crippen molar-refractivity contribution >= 4 is 11.8 Å². The van der Waals surface area contributed by atoms with Crippen LogP contribution in [-0.4, -0.2) is 114 Å². The minimum Gasteiger partial charge on any atom is -0.462 e. The van der Waals surface area contributed by atoms with Crippen molar-refractivity contribution in [3.8, 4) is 0 Å². The lowest BCUT2D eigenvalue weighted by Crippen LogP contribution is -2.71. The number of hydrogen-bond donors (Lipinski definition) is 3. The number of fused-ring (bicyclic) bond motifs is 5. The van der Waals surface area contributed by atoms with Crippen LogP contribution in [0.15, 0.2) is 11.6 Å². The molecule has 0 aromatic rings. The average Bonchev–Trinajstić information content (AvgIpc) is 3.27. The van der Waals surface area contributed by atoms with Crippen LogP contribution < -0.4 is 0 Å². The van der Waals surface area contributed by atoms with Crippen LogP contribution in [0, 0.1) is 22.7 Å². The summed E-state index contributed by atoms with van der Waals surface area (Å²) in [5.74, 6) is -1.08. The molecule has 16 atom stereocenters. The number of carbonyl (C=O) groups is 2. The molecule has 0 aromatic heterocycles. The van der Waals surface area contributed by atoms with Crippen molar-refractivity contribution in [3.63, 3.8) is 0 Å². The van der Waals surface area contributed by atoms with Gasteiger partial charge in [0.25, 0.3) is 0 Å². The number of aliphatic hydroxyl groups is 3. The maximum Gasteiger partial charge on any atom is 0.302 e. The molecule has 3 saturated carbocycles. The lowest BCUT2D eigenvalue weighted by atomic mass is 9.44. The summed E-state index contributed by atoms with van der Waals surface area (Å²) in [5.41, 5.74) is -3.47. The second-order valence-electron chi connectivity index (χ2n) is 16.1. The molecular formula is C37H58O12. The molecule has 12 nitrogen and oxygen atoms in total. The van der Waals surface area contributed by atoms with E-state index in [0.717, 1.165) is 12.8 Å². The van der Waals surface area contributed by atoms with Gasteiger partial charge in [-0.15, -0.1) is 0 Å². The molecule has 0 unspecified atom stereocenters. The molecule has 4 aliphatic carbocycles. The fraction of sp³-hybridized carbons (Fsp3) is 0.892. The van der Waals surface area contributed by atoms with Crippen molar-refractivity contribution in [2.24, 2.45) is 22.7 Å². The normalized spacial score (nSPS) is 51.2. The first-order valence-corrected chi connectivity index (χ1v) is 18.2. The molecule has 0 aromatic carbocycles. The quantitative estimate of drug-likeness (QED) is 0.252. The zero-order valence-electron chi connectivity index (χ0n) is 30.4. The van der Waals surface area contributed by atoms with Crippen LogP contribution >= 0.6 is 0 Å². The third-order valence-corrected chi connectivity index (χ3v) is 13.9. The van der Waals surface area contributed by atoms with E-state index < -0.39 is 65.4 Å². The van der Waals surface area contributed by atoms with E-state index in [1.165, 1.54) is 19.4 Å². The Hall–Kier alpha value is -1.48. The molecule has 0 bridgehead atoms. The first-order chi connectivity index (χ1) is 23.0. The number of carbonyl (C=O) groups excluding carboxylic acids is 2. The largest absolute Gasteiger partial charge is 0.462 e. The van der Waals surface area contributed by atoms with Gasteiger partial charge in [-0.25, -0.2) is 0 Å². The predicted molar refractivity (Wildman–Crippen MR) is 175 cm³/mol. The number of ketones is 1. The van der Waals surface area contributed by atoms with E-state index in [0.29, 0.717) is 32.1 Å². The fourth-order valence-corrected chi connectivity index (χ4v) is 10.9. The molecule has 6 aliphatic rings. The van der Waals surface area contributed by atoms with Crippen LogP contribution in [0.25, 0.3) is 0 Å². The first-order valence-electron chi connectivity index (χ1n) is 18.2. The van der Waals surface area contributed by atoms with Gasteiger partial charge in [-0.05, 0) is 83.0 Å². The van der Waals surface area contributed by atoms with Crippen LogP contribution in [0.2, 0.25) is 0 Å². The summed E-state index contributed by atoms with van der Waals surface area (Å²) in [6.07, 6.45) is 2.41. The minimum atomic E-state index is -1.78. The molecule has 5 fully saturated rings. The lowest BCUT2D eigenvalue weighted by Gasteiger charge is -2.63. The summed E-state index contributed by atoms with van der Waals surface area (Å²) in [6, 6.07) is 0. The molecular weight excluding hydrogens is 636 g/mol. The van der Waals surface area contributed by atoms with Gasteiger partial charge in [0.15, 0.2) is 18.4 Å². The highest BCUT2D eigenvalue weighted by molar-refractivity contribution is 5.87. The minimum absolute atomic E-state index is 0.00421. The van der Waals surface area contributed by atoms with Gasteiger partial charge in [-0.2, -0.15) is 0 Å². The van der Waals surface area contributed by atoms with Gasteiger partial charge in [0.2, 0.25) is 0 Å². The van der Waals surface area contributed by atoms with Crippen LogP contribution in [0.5, 0.6) is 0 Å². The van der Waals surface area contributed by atoms with E-state index in [1.54, 1.807) is 28.1 Å². The van der Waals surface area contributed by atoms with Gasteiger partial charge in [0.1, 0.15) is 23.9 Å². The SMILES string of the molecule is CO[C@@H]1C[C@H](O[C@@H]2[C@@H](C)O[C@@H](O[C@H]3CC[C@@]4(C)C(=CC[C@@H]5[C@@H]4C[C@@H](OC(C)=O)[C@]4(C)[C@](O)(C(C)=O)CC[C@]54O)C3)C[C@H]2OC)O[C@H](C)[C@H]1O. The molecule has 6 rings (SSSR count). The molecule has 2 heterocycles. The molecule has 3 N–H and O–H groups in total. The number of hydrogen-bond acceptors (Lipinski definition) is 12. The summed E-state index contributed by atoms with van der Waals surface area (Å²) in [7, 11) is 3.23. The fourth-order valence-electron chi connectivity index (χ4n) is 10.9. The topological polar surface area (TPSA) is 159 Å². The average molecular weight is 695 g/mol. The van der Waals surface area contributed by atoms with E-state index in [4.69, 9.17) is 33.2 Å². The first kappa shape index (κ1) is 37.3. The van der Waals surface area contributed by atoms with Gasteiger partial charge in [-0.3, -0.25) is 9.59 Å². The van der Waals surface area contributed by atoms with Crippen molar-refractivity contribution in [1.82, 2.24) is 0 Å². The Bertz CT molecular complexity index is 1290. The second-order valence-corrected chi connectivity index (χ2v) is 16.1. The number of esters is 1. The number of rotatable bonds is 8. The molecule has 0 spiro atoms. The maximum absolute atomic E-state index is 12.9. The summed E-state index contributed by atoms with van der Waals surface area (Å²) in [4.78, 5) is 25.3. The van der Waals surface area contributed by atoms with Crippen LogP contribution in [0.3, 0.4) is 0 Å². The standard InChI is InChI=1S/C37H58O12/c1-19-32(40)27(43-7)17-31(45-19)49-33-20(2)46-30(18-28(33)44-8)48-24-11-12-34(5)23(15-24)9-10-25-26(34)16-29(47-22(4)39)35(6)36(41,21(3)38)13-14-37(25,35)42/h9,19-20,24-33,40-42H,10-18H2,1-8H3/t19-,20-,24+,25-,26+,27-,28-,29-,30+,31+,32-,33-,34+,35-,36-,37+/m1/s1. The zero-order valence-corrected chi connectivity index (χ0v) is 30.4. The van der Waals surface area contributed by atoms with Crippen molar-refractivity contribution in [2.75, 3.05) is 14.2 Å². The zero-order chi connectivity index (χ0) is 35.7. The van der Waals surface area contributed by atoms with Crippen LogP contribution in [0.1, 0.15) is 99.3 Å². The molecule has 49 heavy (non-hydrogen) atoms. The molecule has 12 heteroatoms. The van der Waals surface area contributed by atoms with Crippen molar-refractivity contribution in [2.45, 2.75) is 172 Å². The highest BCUT2D eigenvalue weighted by Gasteiger charge is 2.76. The van der Waals surface area contributed by atoms with Gasteiger partial charge >= 0.3 is 5.97 Å². The summed E-state index contributed by atoms with van der Waals surface area (Å²) in [6.45, 7) is 10.4. The Balaban J connectivity index is 1.14. The number of allylic oxidation sites excluding steroid dienone is 1. The van der Waals surface area contributed by atoms with E-state index >= 15 is 0 Å². The monoisotopic (exact) mass is 694 g/mol. The van der Waals surface area contributed by atoms with Crippen LogP contribution in [0.4, 0.5) is 0 Å². The highest BCUT2D eigenvalue weighted by Crippen LogP contribution is 2.69. The Kier molecular flexibility index (Phi) is 10.3. The third-order valence-electron chi connectivity index (χ3n) is 13.9. The highest BCUT2D eigenvalue weighted by atomic mass is 16.7. The maximum atomic E-state index is 12.9. The Morgan fingerprint density at radius 1 is 0.878 bits per heavy atom. The van der Waals surface area contributed by atoms with Gasteiger partial charge in [0, 0.05) is 34.0 Å². The number of aliphatic hydroxyl groups excluding tert-OH is 1. The third kappa shape index (κ3) is 5.95. The van der Waals surface area contributed by atoms with Gasteiger partial charge in [-0.1, -0.05) is 25.5 Å². The Labute approximate surface area is 290 Å². The van der Waals surface area contributed by atoms with Crippen molar-refractivity contribution in [1.29, 1.82) is 0 Å². The summed E-state index contributed by atoms with van der Waals surface area (Å²) >= 11 is 0. The molecule has 0 radical (unpaired) electrons. The van der Waals surface area contributed by atoms with E-state index in [-0.39, 0.29) is 54.5 Å². The van der Waals surface area contributed by atoms with Crippen molar-refractivity contribution in [3.05, 3.63) is 11.6 Å². The van der Waals surface area contributed by atoms with Crippen molar-refractivity contribution < 1.29 is 58.1 Å². The number of methoxy groups -OCH3 is 2. The smallest absolute Gasteiger partial charge is 0.302 e. The summed E-state index contributed by atoms with van der Waals surface area (Å²) in [5, 5.41) is 34.7.